The summed E-state index contributed by atoms with van der Waals surface area (Å²) in [6.07, 6.45) is 30.3. The first-order valence-electron chi connectivity index (χ1n) is 24.6. The lowest BCUT2D eigenvalue weighted by Gasteiger charge is -2.28. The second-order valence-electron chi connectivity index (χ2n) is 18.3. The van der Waals surface area contributed by atoms with Crippen LogP contribution in [0.1, 0.15) is 152 Å². The second kappa shape index (κ2) is 36.9. The van der Waals surface area contributed by atoms with Gasteiger partial charge in [0.25, 0.3) is 7.82 Å². The van der Waals surface area contributed by atoms with Gasteiger partial charge in [0.05, 0.1) is 33.9 Å². The van der Waals surface area contributed by atoms with E-state index in [0.717, 1.165) is 88.6 Å². The minimum atomic E-state index is -4.78. The number of hydrogen-bond acceptors (Lipinski definition) is 13. The van der Waals surface area contributed by atoms with Crippen LogP contribution in [0.15, 0.2) is 53.0 Å². The summed E-state index contributed by atoms with van der Waals surface area (Å²) in [5, 5.41) is 19.5. The van der Waals surface area contributed by atoms with Gasteiger partial charge in [-0.15, -0.1) is 11.8 Å². The van der Waals surface area contributed by atoms with Gasteiger partial charge in [0.15, 0.2) is 6.10 Å². The molecule has 1 unspecified atom stereocenters. The number of aliphatic carboxylic acids is 1. The molecule has 384 valence electrons. The number of aryl methyl sites for hydroxylation is 2. The van der Waals surface area contributed by atoms with Crippen LogP contribution >= 0.6 is 19.6 Å². The Morgan fingerprint density at radius 1 is 0.806 bits per heavy atom. The van der Waals surface area contributed by atoms with Gasteiger partial charge in [0.1, 0.15) is 37.3 Å². The van der Waals surface area contributed by atoms with Crippen LogP contribution in [0.5, 0.6) is 0 Å². The molecule has 0 aliphatic carbocycles. The van der Waals surface area contributed by atoms with Crippen LogP contribution in [0, 0.1) is 13.8 Å². The number of rotatable bonds is 41. The minimum absolute atomic E-state index is 0.0408. The van der Waals surface area contributed by atoms with E-state index >= 15 is 0 Å². The number of ether oxygens (including phenoxy) is 2. The van der Waals surface area contributed by atoms with Crippen molar-refractivity contribution in [1.29, 1.82) is 0 Å². The highest BCUT2D eigenvalue weighted by atomic mass is 32.2. The summed E-state index contributed by atoms with van der Waals surface area (Å²) in [6, 6.07) is -1.15. The number of hydrogen-bond donors (Lipinski definition) is 3. The van der Waals surface area contributed by atoms with Crippen molar-refractivity contribution in [3.05, 3.63) is 71.3 Å². The lowest BCUT2D eigenvalue weighted by molar-refractivity contribution is -0.870. The van der Waals surface area contributed by atoms with Crippen molar-refractivity contribution in [3.8, 4) is 0 Å². The lowest BCUT2D eigenvalue weighted by Crippen LogP contribution is -2.39. The summed E-state index contributed by atoms with van der Waals surface area (Å²) in [5.74, 6) is -0.0790. The van der Waals surface area contributed by atoms with E-state index in [9.17, 15) is 28.9 Å². The zero-order chi connectivity index (χ0) is 49.9. The standard InChI is InChI=1S/C51H87N2O12PS/c1-8-10-11-12-13-14-15-16-17-21-24-27-33-48(45(54)31-29-34-49(55)56)67-40-44(52)51(58)61-38-43(39-63-66(59,60)62-37-36-53(5,6)7)64-50(57)35-28-25-22-19-18-20-23-26-32-47-42(4)41(3)46(65-47)30-9-2/h13-14,16-17,21,24,27,33,43-45,48,54H,8-12,15,18-20,22-23,25-26,28-32,34-40,52H2,1-7H3,(H-,55,56,59,60)/b14-13-,17-16-,24-21+,33-27+/t43-,44+,45+,48-/m1/s1. The van der Waals surface area contributed by atoms with Crippen molar-refractivity contribution < 1.29 is 61.5 Å². The zero-order valence-corrected chi connectivity index (χ0v) is 43.7. The molecule has 67 heavy (non-hydrogen) atoms. The fraction of sp³-hybridized carbons (Fsp3) is 0.706. The van der Waals surface area contributed by atoms with Gasteiger partial charge in [-0.05, 0) is 76.3 Å². The largest absolute Gasteiger partial charge is 0.756 e. The first-order valence-corrected chi connectivity index (χ1v) is 27.2. The van der Waals surface area contributed by atoms with E-state index < -0.39 is 62.4 Å². The molecule has 0 amide bonds. The molecule has 16 heteroatoms. The van der Waals surface area contributed by atoms with E-state index in [-0.39, 0.29) is 38.0 Å². The summed E-state index contributed by atoms with van der Waals surface area (Å²) in [7, 11) is 0.879. The van der Waals surface area contributed by atoms with Crippen molar-refractivity contribution in [3.63, 3.8) is 0 Å². The number of phosphoric ester groups is 1. The third kappa shape index (κ3) is 32.4. The van der Waals surface area contributed by atoms with Crippen molar-refractivity contribution >= 4 is 37.5 Å². The molecule has 4 N–H and O–H groups in total. The van der Waals surface area contributed by atoms with Gasteiger partial charge in [0.2, 0.25) is 0 Å². The van der Waals surface area contributed by atoms with Crippen LogP contribution in [0.25, 0.3) is 0 Å². The van der Waals surface area contributed by atoms with E-state index in [0.29, 0.717) is 17.4 Å². The summed E-state index contributed by atoms with van der Waals surface area (Å²) < 4.78 is 40.2. The Bertz CT molecular complexity index is 1690. The monoisotopic (exact) mass is 983 g/mol. The van der Waals surface area contributed by atoms with Crippen molar-refractivity contribution in [2.75, 3.05) is 53.3 Å². The number of carbonyl (C=O) groups excluding carboxylic acids is 2. The Labute approximate surface area is 407 Å². The number of esters is 2. The van der Waals surface area contributed by atoms with Crippen molar-refractivity contribution in [2.24, 2.45) is 5.73 Å². The van der Waals surface area contributed by atoms with Gasteiger partial charge < -0.3 is 48.3 Å². The number of carboxylic acids is 1. The molecule has 1 heterocycles. The van der Waals surface area contributed by atoms with Gasteiger partial charge in [0, 0.05) is 36.7 Å². The van der Waals surface area contributed by atoms with E-state index in [1.807, 2.05) is 45.4 Å². The fourth-order valence-corrected chi connectivity index (χ4v) is 8.64. The number of carbonyl (C=O) groups is 3. The summed E-state index contributed by atoms with van der Waals surface area (Å²) in [5.41, 5.74) is 8.78. The molecule has 0 aliphatic rings. The van der Waals surface area contributed by atoms with Gasteiger partial charge >= 0.3 is 17.9 Å². The molecule has 0 bridgehead atoms. The highest BCUT2D eigenvalue weighted by Crippen LogP contribution is 2.38. The molecule has 0 saturated heterocycles. The molecule has 14 nitrogen and oxygen atoms in total. The van der Waals surface area contributed by atoms with Crippen LogP contribution in [-0.4, -0.2) is 109 Å². The molecule has 0 saturated carbocycles. The quantitative estimate of drug-likeness (QED) is 0.0139. The molecule has 0 radical (unpaired) electrons. The predicted molar refractivity (Wildman–Crippen MR) is 268 cm³/mol. The number of aliphatic hydroxyl groups is 1. The van der Waals surface area contributed by atoms with E-state index in [2.05, 4.69) is 39.8 Å². The summed E-state index contributed by atoms with van der Waals surface area (Å²) in [6.45, 7) is 7.79. The first kappa shape index (κ1) is 62.0. The first-order chi connectivity index (χ1) is 31.9. The SMILES string of the molecule is CCCCC/C=C\C\C=C/C=C/C=C/[C@@H](SC[C@H](N)C(=O)OC[C@H](COP(=O)([O-])OCC[N+](C)(C)C)OC(=O)CCCCCCCCCCc1oc(CCC)c(C)c1C)[C@@H](O)CCCC(=O)O. The maximum absolute atomic E-state index is 13.1. The van der Waals surface area contributed by atoms with E-state index in [4.69, 9.17) is 33.8 Å². The number of unbranched alkanes of at least 4 members (excludes halogenated alkanes) is 10. The third-order valence-corrected chi connectivity index (χ3v) is 13.4. The smallest absolute Gasteiger partial charge is 0.323 e. The van der Waals surface area contributed by atoms with Crippen LogP contribution in [0.4, 0.5) is 0 Å². The van der Waals surface area contributed by atoms with Gasteiger partial charge in [-0.1, -0.05) is 114 Å². The van der Waals surface area contributed by atoms with Crippen molar-refractivity contribution in [1.82, 2.24) is 0 Å². The normalized spacial score (nSPS) is 15.1. The van der Waals surface area contributed by atoms with Crippen LogP contribution in [0.3, 0.4) is 0 Å². The molecular formula is C51H87N2O12PS. The van der Waals surface area contributed by atoms with Crippen molar-refractivity contribution in [2.45, 2.75) is 180 Å². The molecule has 0 aromatic carbocycles. The number of aliphatic hydroxyl groups excluding tert-OH is 1. The van der Waals surface area contributed by atoms with Gasteiger partial charge in [-0.2, -0.15) is 0 Å². The maximum Gasteiger partial charge on any atom is 0.323 e. The summed E-state index contributed by atoms with van der Waals surface area (Å²) in [4.78, 5) is 49.6. The summed E-state index contributed by atoms with van der Waals surface area (Å²) >= 11 is 1.22. The molecule has 1 aromatic heterocycles. The molecule has 5 atom stereocenters. The van der Waals surface area contributed by atoms with Gasteiger partial charge in [-0.3, -0.25) is 18.9 Å². The van der Waals surface area contributed by atoms with E-state index in [1.54, 1.807) is 12.2 Å². The molecule has 0 aliphatic heterocycles. The molecule has 0 fully saturated rings. The number of nitrogens with two attached hydrogens (primary N) is 1. The predicted octanol–water partition coefficient (Wildman–Crippen LogP) is 9.81. The number of thioether (sulfide) groups is 1. The number of likely N-dealkylation sites (N-methyl/N-ethyl adjacent to an activating group) is 1. The average Bonchev–Trinajstić information content (AvgIpc) is 3.53. The topological polar surface area (TPSA) is 208 Å². The number of furan rings is 1. The maximum atomic E-state index is 13.1. The van der Waals surface area contributed by atoms with Crippen LogP contribution in [0.2, 0.25) is 0 Å². The highest BCUT2D eigenvalue weighted by Gasteiger charge is 2.25. The molecule has 1 aromatic rings. The highest BCUT2D eigenvalue weighted by molar-refractivity contribution is 8.00. The second-order valence-corrected chi connectivity index (χ2v) is 20.9. The average molecular weight is 983 g/mol. The minimum Gasteiger partial charge on any atom is -0.756 e. The number of allylic oxidation sites excluding steroid dienone is 7. The Hall–Kier alpha value is -3.01. The Morgan fingerprint density at radius 3 is 2.12 bits per heavy atom. The fourth-order valence-electron chi connectivity index (χ4n) is 6.79. The molecule has 0 spiro atoms. The van der Waals surface area contributed by atoms with Gasteiger partial charge in [-0.25, -0.2) is 0 Å². The van der Waals surface area contributed by atoms with E-state index in [1.165, 1.54) is 42.2 Å². The Kier molecular flexibility index (Phi) is 34.2. The zero-order valence-electron chi connectivity index (χ0n) is 42.0. The molecule has 1 rings (SSSR count). The Morgan fingerprint density at radius 2 is 1.46 bits per heavy atom. The molecular weight excluding hydrogens is 896 g/mol. The lowest BCUT2D eigenvalue weighted by atomic mass is 10.0. The Balaban J connectivity index is 2.73. The number of quaternary nitrogens is 1. The number of carboxylic acid groups (broad SMARTS) is 1. The number of nitrogens with zero attached hydrogens (tertiary/aromatic N) is 1. The van der Waals surface area contributed by atoms with Crippen LogP contribution in [-0.2, 0) is 50.3 Å². The van der Waals surface area contributed by atoms with Crippen LogP contribution < -0.4 is 10.6 Å². The third-order valence-electron chi connectivity index (χ3n) is 11.0. The number of phosphoric acid groups is 1.